The maximum atomic E-state index is 11.9. The molecule has 1 aliphatic heterocycles. The number of rotatable bonds is 10. The Labute approximate surface area is 129 Å². The SMILES string of the molecule is CCNC(C)(CCCCN(C)CC1CCCO1)C(=O)OC. The Kier molecular flexibility index (Phi) is 8.22. The Hall–Kier alpha value is -0.650. The highest BCUT2D eigenvalue weighted by Gasteiger charge is 2.32. The number of hydrogen-bond acceptors (Lipinski definition) is 5. The van der Waals surface area contributed by atoms with Gasteiger partial charge in [-0.25, -0.2) is 0 Å². The van der Waals surface area contributed by atoms with Crippen LogP contribution >= 0.6 is 0 Å². The highest BCUT2D eigenvalue weighted by molar-refractivity contribution is 5.80. The van der Waals surface area contributed by atoms with Crippen molar-refractivity contribution in [1.82, 2.24) is 10.2 Å². The summed E-state index contributed by atoms with van der Waals surface area (Å²) in [6, 6.07) is 0. The summed E-state index contributed by atoms with van der Waals surface area (Å²) >= 11 is 0. The molecule has 0 aromatic heterocycles. The molecular weight excluding hydrogens is 268 g/mol. The van der Waals surface area contributed by atoms with Gasteiger partial charge in [0.2, 0.25) is 0 Å². The van der Waals surface area contributed by atoms with Crippen molar-refractivity contribution in [3.63, 3.8) is 0 Å². The van der Waals surface area contributed by atoms with Gasteiger partial charge in [-0.15, -0.1) is 0 Å². The van der Waals surface area contributed by atoms with Gasteiger partial charge in [0.25, 0.3) is 0 Å². The van der Waals surface area contributed by atoms with Gasteiger partial charge >= 0.3 is 5.97 Å². The first-order valence-corrected chi connectivity index (χ1v) is 8.15. The molecule has 1 fully saturated rings. The van der Waals surface area contributed by atoms with Crippen LogP contribution in [0.2, 0.25) is 0 Å². The second-order valence-corrected chi connectivity index (χ2v) is 6.21. The van der Waals surface area contributed by atoms with Crippen LogP contribution in [0, 0.1) is 0 Å². The Morgan fingerprint density at radius 3 is 2.81 bits per heavy atom. The fraction of sp³-hybridized carbons (Fsp3) is 0.938. The molecule has 0 spiro atoms. The van der Waals surface area contributed by atoms with E-state index in [2.05, 4.69) is 17.3 Å². The summed E-state index contributed by atoms with van der Waals surface area (Å²) in [6.07, 6.45) is 5.69. The minimum atomic E-state index is -0.559. The first kappa shape index (κ1) is 18.4. The minimum Gasteiger partial charge on any atom is -0.468 e. The first-order chi connectivity index (χ1) is 10.0. The largest absolute Gasteiger partial charge is 0.468 e. The molecule has 21 heavy (non-hydrogen) atoms. The number of carbonyl (C=O) groups excluding carboxylic acids is 1. The predicted octanol–water partition coefficient (Wildman–Crippen LogP) is 1.81. The predicted molar refractivity (Wildman–Crippen MR) is 84.4 cm³/mol. The first-order valence-electron chi connectivity index (χ1n) is 8.15. The molecule has 5 nitrogen and oxygen atoms in total. The van der Waals surface area contributed by atoms with Crippen LogP contribution in [-0.4, -0.2) is 62.9 Å². The highest BCUT2D eigenvalue weighted by atomic mass is 16.5. The lowest BCUT2D eigenvalue weighted by atomic mass is 9.94. The van der Waals surface area contributed by atoms with Crippen LogP contribution in [0.15, 0.2) is 0 Å². The van der Waals surface area contributed by atoms with Crippen molar-refractivity contribution in [3.8, 4) is 0 Å². The standard InChI is InChI=1S/C16H32N2O3/c1-5-17-16(2,15(19)20-4)10-6-7-11-18(3)13-14-9-8-12-21-14/h14,17H,5-13H2,1-4H3. The molecule has 1 N–H and O–H groups in total. The number of esters is 1. The molecule has 0 amide bonds. The lowest BCUT2D eigenvalue weighted by molar-refractivity contribution is -0.148. The molecule has 0 aliphatic carbocycles. The molecule has 2 unspecified atom stereocenters. The van der Waals surface area contributed by atoms with Crippen LogP contribution in [0.1, 0.15) is 46.0 Å². The molecular formula is C16H32N2O3. The van der Waals surface area contributed by atoms with Gasteiger partial charge < -0.3 is 19.7 Å². The van der Waals surface area contributed by atoms with Gasteiger partial charge in [0, 0.05) is 13.2 Å². The second-order valence-electron chi connectivity index (χ2n) is 6.21. The van der Waals surface area contributed by atoms with Gasteiger partial charge in [-0.2, -0.15) is 0 Å². The van der Waals surface area contributed by atoms with Gasteiger partial charge in [-0.1, -0.05) is 6.92 Å². The number of hydrogen-bond donors (Lipinski definition) is 1. The smallest absolute Gasteiger partial charge is 0.325 e. The van der Waals surface area contributed by atoms with Gasteiger partial charge in [-0.3, -0.25) is 4.79 Å². The average Bonchev–Trinajstić information content (AvgIpc) is 2.96. The topological polar surface area (TPSA) is 50.8 Å². The van der Waals surface area contributed by atoms with Crippen LogP contribution in [0.5, 0.6) is 0 Å². The number of methoxy groups -OCH3 is 1. The third kappa shape index (κ3) is 6.32. The third-order valence-corrected chi connectivity index (χ3v) is 4.21. The van der Waals surface area contributed by atoms with E-state index in [9.17, 15) is 4.79 Å². The lowest BCUT2D eigenvalue weighted by Gasteiger charge is -2.28. The molecule has 124 valence electrons. The summed E-state index contributed by atoms with van der Waals surface area (Å²) in [5.41, 5.74) is -0.559. The van der Waals surface area contributed by atoms with Crippen LogP contribution in [0.3, 0.4) is 0 Å². The zero-order valence-electron chi connectivity index (χ0n) is 14.1. The van der Waals surface area contributed by atoms with E-state index >= 15 is 0 Å². The highest BCUT2D eigenvalue weighted by Crippen LogP contribution is 2.17. The number of ether oxygens (including phenoxy) is 2. The van der Waals surface area contributed by atoms with E-state index in [-0.39, 0.29) is 5.97 Å². The molecule has 2 atom stereocenters. The van der Waals surface area contributed by atoms with Crippen LogP contribution < -0.4 is 5.32 Å². The van der Waals surface area contributed by atoms with E-state index in [0.717, 1.165) is 45.5 Å². The Balaban J connectivity index is 2.22. The molecule has 0 saturated carbocycles. The van der Waals surface area contributed by atoms with Crippen molar-refractivity contribution in [3.05, 3.63) is 0 Å². The Morgan fingerprint density at radius 2 is 2.24 bits per heavy atom. The second kappa shape index (κ2) is 9.38. The summed E-state index contributed by atoms with van der Waals surface area (Å²) in [7, 11) is 3.60. The lowest BCUT2D eigenvalue weighted by Crippen LogP contribution is -2.50. The maximum absolute atomic E-state index is 11.9. The number of nitrogens with zero attached hydrogens (tertiary/aromatic N) is 1. The van der Waals surface area contributed by atoms with Crippen LogP contribution in [0.25, 0.3) is 0 Å². The molecule has 0 radical (unpaired) electrons. The maximum Gasteiger partial charge on any atom is 0.325 e. The number of likely N-dealkylation sites (N-methyl/N-ethyl adjacent to an activating group) is 2. The number of carbonyl (C=O) groups is 1. The van der Waals surface area contributed by atoms with Gasteiger partial charge in [-0.05, 0) is 59.2 Å². The van der Waals surface area contributed by atoms with Crippen LogP contribution in [0.4, 0.5) is 0 Å². The van der Waals surface area contributed by atoms with Crippen molar-refractivity contribution in [2.75, 3.05) is 40.4 Å². The molecule has 1 rings (SSSR count). The zero-order chi connectivity index (χ0) is 15.7. The quantitative estimate of drug-likeness (QED) is 0.492. The fourth-order valence-electron chi connectivity index (χ4n) is 2.97. The van der Waals surface area contributed by atoms with Crippen molar-refractivity contribution in [1.29, 1.82) is 0 Å². The molecule has 1 saturated heterocycles. The average molecular weight is 300 g/mol. The molecule has 0 bridgehead atoms. The van der Waals surface area contributed by atoms with E-state index in [0.29, 0.717) is 6.10 Å². The number of unbranched alkanes of at least 4 members (excludes halogenated alkanes) is 1. The summed E-state index contributed by atoms with van der Waals surface area (Å²) in [5, 5.41) is 3.25. The molecule has 1 aliphatic rings. The van der Waals surface area contributed by atoms with E-state index in [4.69, 9.17) is 9.47 Å². The Morgan fingerprint density at radius 1 is 1.48 bits per heavy atom. The minimum absolute atomic E-state index is 0.169. The molecule has 1 heterocycles. The molecule has 0 aromatic carbocycles. The number of nitrogens with one attached hydrogen (secondary N) is 1. The van der Waals surface area contributed by atoms with Gasteiger partial charge in [0.15, 0.2) is 0 Å². The van der Waals surface area contributed by atoms with E-state index in [1.807, 2.05) is 13.8 Å². The van der Waals surface area contributed by atoms with Gasteiger partial charge in [0.05, 0.1) is 13.2 Å². The van der Waals surface area contributed by atoms with Crippen molar-refractivity contribution >= 4 is 5.97 Å². The molecule has 5 heteroatoms. The van der Waals surface area contributed by atoms with E-state index in [1.54, 1.807) is 0 Å². The van der Waals surface area contributed by atoms with E-state index < -0.39 is 5.54 Å². The van der Waals surface area contributed by atoms with Gasteiger partial charge in [0.1, 0.15) is 5.54 Å². The van der Waals surface area contributed by atoms with E-state index in [1.165, 1.54) is 20.0 Å². The summed E-state index contributed by atoms with van der Waals surface area (Å²) < 4.78 is 10.6. The van der Waals surface area contributed by atoms with Crippen molar-refractivity contribution < 1.29 is 14.3 Å². The van der Waals surface area contributed by atoms with Crippen molar-refractivity contribution in [2.45, 2.75) is 57.6 Å². The molecule has 0 aromatic rings. The third-order valence-electron chi connectivity index (χ3n) is 4.21. The summed E-state index contributed by atoms with van der Waals surface area (Å²) in [6.45, 7) is 7.68. The van der Waals surface area contributed by atoms with Crippen molar-refractivity contribution in [2.24, 2.45) is 0 Å². The monoisotopic (exact) mass is 300 g/mol. The fourth-order valence-corrected chi connectivity index (χ4v) is 2.97. The van der Waals surface area contributed by atoms with Crippen LogP contribution in [-0.2, 0) is 14.3 Å². The zero-order valence-corrected chi connectivity index (χ0v) is 14.1. The summed E-state index contributed by atoms with van der Waals surface area (Å²) in [5.74, 6) is -0.169. The Bertz CT molecular complexity index is 306. The summed E-state index contributed by atoms with van der Waals surface area (Å²) in [4.78, 5) is 14.2. The normalized spacial score (nSPS) is 21.5.